The first-order valence-electron chi connectivity index (χ1n) is 4.01. The number of hydrogen-bond donors (Lipinski definition) is 1. The van der Waals surface area contributed by atoms with Crippen LogP contribution >= 0.6 is 11.8 Å². The number of carboxylic acid groups (broad SMARTS) is 1. The second-order valence-electron chi connectivity index (χ2n) is 3.13. The van der Waals surface area contributed by atoms with Crippen LogP contribution in [0.1, 0.15) is 12.8 Å². The lowest BCUT2D eigenvalue weighted by Gasteiger charge is -2.31. The number of aliphatic carboxylic acids is 1. The molecule has 3 nitrogen and oxygen atoms in total. The van der Waals surface area contributed by atoms with Crippen LogP contribution in [0.4, 0.5) is 0 Å². The van der Waals surface area contributed by atoms with E-state index in [2.05, 4.69) is 0 Å². The molecule has 0 aromatic rings. The Kier molecular flexibility index (Phi) is 3.40. The maximum absolute atomic E-state index is 11.0. The highest BCUT2D eigenvalue weighted by Crippen LogP contribution is 2.35. The topological polar surface area (TPSA) is 46.5 Å². The zero-order valence-electron chi connectivity index (χ0n) is 7.21. The molecule has 0 radical (unpaired) electrons. The molecule has 0 aliphatic carbocycles. The SMILES string of the molecule is COCC1(C(=O)O)CCSCC1. The summed E-state index contributed by atoms with van der Waals surface area (Å²) in [5.74, 6) is 1.18. The summed E-state index contributed by atoms with van der Waals surface area (Å²) in [7, 11) is 1.56. The molecule has 0 bridgehead atoms. The van der Waals surface area contributed by atoms with Gasteiger partial charge in [-0.3, -0.25) is 4.79 Å². The Morgan fingerprint density at radius 3 is 2.58 bits per heavy atom. The third-order valence-electron chi connectivity index (χ3n) is 2.32. The molecule has 1 rings (SSSR count). The van der Waals surface area contributed by atoms with Crippen LogP contribution in [0.3, 0.4) is 0 Å². The van der Waals surface area contributed by atoms with Crippen LogP contribution in [-0.4, -0.2) is 36.3 Å². The summed E-state index contributed by atoms with van der Waals surface area (Å²) in [6.07, 6.45) is 1.47. The molecule has 1 fully saturated rings. The lowest BCUT2D eigenvalue weighted by atomic mass is 9.83. The third kappa shape index (κ3) is 1.93. The van der Waals surface area contributed by atoms with Gasteiger partial charge in [0.1, 0.15) is 0 Å². The van der Waals surface area contributed by atoms with E-state index >= 15 is 0 Å². The van der Waals surface area contributed by atoms with Gasteiger partial charge in [0.15, 0.2) is 0 Å². The average molecular weight is 190 g/mol. The van der Waals surface area contributed by atoms with Crippen LogP contribution in [0.25, 0.3) is 0 Å². The van der Waals surface area contributed by atoms with Crippen LogP contribution in [-0.2, 0) is 9.53 Å². The lowest BCUT2D eigenvalue weighted by Crippen LogP contribution is -2.38. The summed E-state index contributed by atoms with van der Waals surface area (Å²) in [5.41, 5.74) is -0.597. The maximum Gasteiger partial charge on any atom is 0.312 e. The summed E-state index contributed by atoms with van der Waals surface area (Å²) in [6.45, 7) is 0.350. The molecular weight excluding hydrogens is 176 g/mol. The Morgan fingerprint density at radius 1 is 1.58 bits per heavy atom. The summed E-state index contributed by atoms with van der Waals surface area (Å²) in [5, 5.41) is 9.03. The molecule has 1 saturated heterocycles. The highest BCUT2D eigenvalue weighted by Gasteiger charge is 2.39. The van der Waals surface area contributed by atoms with E-state index in [-0.39, 0.29) is 0 Å². The van der Waals surface area contributed by atoms with Crippen molar-refractivity contribution in [3.63, 3.8) is 0 Å². The van der Waals surface area contributed by atoms with Gasteiger partial charge in [0.05, 0.1) is 12.0 Å². The number of methoxy groups -OCH3 is 1. The molecule has 12 heavy (non-hydrogen) atoms. The van der Waals surface area contributed by atoms with Crippen molar-refractivity contribution >= 4 is 17.7 Å². The largest absolute Gasteiger partial charge is 0.481 e. The first-order chi connectivity index (χ1) is 5.71. The summed E-state index contributed by atoms with van der Waals surface area (Å²) in [4.78, 5) is 11.0. The fourth-order valence-electron chi connectivity index (χ4n) is 1.46. The van der Waals surface area contributed by atoms with E-state index in [9.17, 15) is 4.79 Å². The van der Waals surface area contributed by atoms with Crippen LogP contribution in [0.5, 0.6) is 0 Å². The van der Waals surface area contributed by atoms with E-state index < -0.39 is 11.4 Å². The lowest BCUT2D eigenvalue weighted by molar-refractivity contribution is -0.153. The Morgan fingerprint density at radius 2 is 2.17 bits per heavy atom. The van der Waals surface area contributed by atoms with Crippen molar-refractivity contribution in [2.24, 2.45) is 5.41 Å². The molecule has 70 valence electrons. The minimum Gasteiger partial charge on any atom is -0.481 e. The zero-order chi connectivity index (χ0) is 9.03. The van der Waals surface area contributed by atoms with Crippen molar-refractivity contribution < 1.29 is 14.6 Å². The molecule has 0 aromatic heterocycles. The van der Waals surface area contributed by atoms with Crippen molar-refractivity contribution in [2.45, 2.75) is 12.8 Å². The van der Waals surface area contributed by atoms with Gasteiger partial charge in [-0.25, -0.2) is 0 Å². The molecule has 1 aliphatic heterocycles. The standard InChI is InChI=1S/C8H14O3S/c1-11-6-8(7(9)10)2-4-12-5-3-8/h2-6H2,1H3,(H,9,10). The molecule has 0 amide bonds. The van der Waals surface area contributed by atoms with Gasteiger partial charge in [-0.2, -0.15) is 11.8 Å². The quantitative estimate of drug-likeness (QED) is 0.727. The minimum atomic E-state index is -0.704. The van der Waals surface area contributed by atoms with Crippen molar-refractivity contribution in [3.05, 3.63) is 0 Å². The van der Waals surface area contributed by atoms with E-state index in [1.807, 2.05) is 11.8 Å². The molecular formula is C8H14O3S. The summed E-state index contributed by atoms with van der Waals surface area (Å²) in [6, 6.07) is 0. The normalized spacial score (nSPS) is 22.1. The molecule has 1 N–H and O–H groups in total. The van der Waals surface area contributed by atoms with E-state index in [1.165, 1.54) is 0 Å². The van der Waals surface area contributed by atoms with Gasteiger partial charge in [-0.05, 0) is 24.3 Å². The number of thioether (sulfide) groups is 1. The molecule has 0 aromatic carbocycles. The smallest absolute Gasteiger partial charge is 0.312 e. The summed E-state index contributed by atoms with van der Waals surface area (Å²) >= 11 is 1.82. The van der Waals surface area contributed by atoms with E-state index in [1.54, 1.807) is 7.11 Å². The van der Waals surface area contributed by atoms with Crippen LogP contribution in [0.15, 0.2) is 0 Å². The van der Waals surface area contributed by atoms with Gasteiger partial charge < -0.3 is 9.84 Å². The van der Waals surface area contributed by atoms with Crippen LogP contribution < -0.4 is 0 Å². The molecule has 0 atom stereocenters. The fourth-order valence-corrected chi connectivity index (χ4v) is 2.73. The molecule has 1 heterocycles. The molecule has 0 spiro atoms. The third-order valence-corrected chi connectivity index (χ3v) is 3.31. The highest BCUT2D eigenvalue weighted by atomic mass is 32.2. The Bertz CT molecular complexity index is 158. The molecule has 0 saturated carbocycles. The highest BCUT2D eigenvalue weighted by molar-refractivity contribution is 7.99. The minimum absolute atomic E-state index is 0.350. The van der Waals surface area contributed by atoms with Gasteiger partial charge >= 0.3 is 5.97 Å². The monoisotopic (exact) mass is 190 g/mol. The van der Waals surface area contributed by atoms with Crippen LogP contribution in [0, 0.1) is 5.41 Å². The number of carbonyl (C=O) groups is 1. The first-order valence-corrected chi connectivity index (χ1v) is 5.17. The number of hydrogen-bond acceptors (Lipinski definition) is 3. The first kappa shape index (κ1) is 9.86. The van der Waals surface area contributed by atoms with Crippen LogP contribution in [0.2, 0.25) is 0 Å². The van der Waals surface area contributed by atoms with Crippen molar-refractivity contribution in [2.75, 3.05) is 25.2 Å². The van der Waals surface area contributed by atoms with Gasteiger partial charge in [0.2, 0.25) is 0 Å². The second-order valence-corrected chi connectivity index (χ2v) is 4.36. The Hall–Kier alpha value is -0.220. The Balaban J connectivity index is 2.63. The van der Waals surface area contributed by atoms with Crippen molar-refractivity contribution in [3.8, 4) is 0 Å². The fraction of sp³-hybridized carbons (Fsp3) is 0.875. The molecule has 0 unspecified atom stereocenters. The maximum atomic E-state index is 11.0. The van der Waals surface area contributed by atoms with Crippen molar-refractivity contribution in [1.29, 1.82) is 0 Å². The number of carboxylic acids is 1. The average Bonchev–Trinajstić information content (AvgIpc) is 2.06. The molecule has 1 aliphatic rings. The number of rotatable bonds is 3. The predicted octanol–water partition coefficient (Wildman–Crippen LogP) is 1.23. The predicted molar refractivity (Wildman–Crippen MR) is 48.5 cm³/mol. The van der Waals surface area contributed by atoms with E-state index in [4.69, 9.17) is 9.84 Å². The zero-order valence-corrected chi connectivity index (χ0v) is 8.02. The van der Waals surface area contributed by atoms with Gasteiger partial charge in [0.25, 0.3) is 0 Å². The van der Waals surface area contributed by atoms with Crippen molar-refractivity contribution in [1.82, 2.24) is 0 Å². The Labute approximate surface area is 76.5 Å². The van der Waals surface area contributed by atoms with E-state index in [0.717, 1.165) is 24.3 Å². The van der Waals surface area contributed by atoms with Gasteiger partial charge in [0, 0.05) is 7.11 Å². The number of ether oxygens (including phenoxy) is 1. The molecule has 4 heteroatoms. The van der Waals surface area contributed by atoms with E-state index in [0.29, 0.717) is 6.61 Å². The van der Waals surface area contributed by atoms with Gasteiger partial charge in [-0.15, -0.1) is 0 Å². The second kappa shape index (κ2) is 4.14. The summed E-state index contributed by atoms with van der Waals surface area (Å²) < 4.78 is 4.96. The van der Waals surface area contributed by atoms with Gasteiger partial charge in [-0.1, -0.05) is 0 Å².